The first-order valence-corrected chi connectivity index (χ1v) is 4.76. The number of nitrogens with one attached hydrogen (secondary N) is 1. The maximum absolute atomic E-state index is 10.8. The van der Waals surface area contributed by atoms with Gasteiger partial charge in [-0.2, -0.15) is 0 Å². The van der Waals surface area contributed by atoms with E-state index in [2.05, 4.69) is 10.3 Å². The Kier molecular flexibility index (Phi) is 2.57. The van der Waals surface area contributed by atoms with E-state index in [1.165, 1.54) is 6.07 Å². The number of nitrogens with zero attached hydrogens (tertiary/aromatic N) is 1. The Morgan fingerprint density at radius 3 is 2.75 bits per heavy atom. The highest BCUT2D eigenvalue weighted by Crippen LogP contribution is 2.15. The van der Waals surface area contributed by atoms with Crippen LogP contribution in [0.3, 0.4) is 0 Å². The molecule has 0 aromatic carbocycles. The Bertz CT molecular complexity index is 458. The van der Waals surface area contributed by atoms with Gasteiger partial charge in [-0.05, 0) is 11.6 Å². The molecule has 0 bridgehead atoms. The number of hydrogen-bond acceptors (Lipinski definition) is 4. The molecule has 16 heavy (non-hydrogen) atoms. The number of aliphatic carboxylic acids is 1. The molecule has 1 atom stereocenters. The molecule has 0 saturated carbocycles. The average Bonchev–Trinajstić information content (AvgIpc) is 2.27. The van der Waals surface area contributed by atoms with Gasteiger partial charge in [0.2, 0.25) is 0 Å². The van der Waals surface area contributed by atoms with Crippen molar-refractivity contribution in [2.24, 2.45) is 0 Å². The van der Waals surface area contributed by atoms with Crippen molar-refractivity contribution in [2.45, 2.75) is 19.0 Å². The first-order chi connectivity index (χ1) is 7.58. The number of aromatic carboxylic acids is 1. The SMILES string of the molecule is O=C(O)c1ccc2c(n1)CC(C(=O)O)NC2. The molecule has 0 radical (unpaired) electrons. The van der Waals surface area contributed by atoms with Crippen LogP contribution in [0, 0.1) is 0 Å². The minimum Gasteiger partial charge on any atom is -0.480 e. The number of fused-ring (bicyclic) bond motifs is 1. The number of pyridine rings is 1. The van der Waals surface area contributed by atoms with Gasteiger partial charge in [-0.1, -0.05) is 6.07 Å². The van der Waals surface area contributed by atoms with Crippen molar-refractivity contribution >= 4 is 11.9 Å². The summed E-state index contributed by atoms with van der Waals surface area (Å²) in [5.41, 5.74) is 1.35. The monoisotopic (exact) mass is 222 g/mol. The Balaban J connectivity index is 2.32. The van der Waals surface area contributed by atoms with Crippen LogP contribution in [-0.2, 0) is 17.8 Å². The maximum atomic E-state index is 10.8. The molecule has 1 aromatic heterocycles. The molecule has 2 heterocycles. The topological polar surface area (TPSA) is 99.5 Å². The van der Waals surface area contributed by atoms with Crippen molar-refractivity contribution in [3.8, 4) is 0 Å². The molecule has 2 rings (SSSR count). The largest absolute Gasteiger partial charge is 0.480 e. The molecule has 6 nitrogen and oxygen atoms in total. The van der Waals surface area contributed by atoms with Crippen LogP contribution in [0.2, 0.25) is 0 Å². The maximum Gasteiger partial charge on any atom is 0.354 e. The summed E-state index contributed by atoms with van der Waals surface area (Å²) >= 11 is 0. The first-order valence-electron chi connectivity index (χ1n) is 4.76. The molecular weight excluding hydrogens is 212 g/mol. The van der Waals surface area contributed by atoms with Crippen LogP contribution >= 0.6 is 0 Å². The highest BCUT2D eigenvalue weighted by Gasteiger charge is 2.25. The lowest BCUT2D eigenvalue weighted by molar-refractivity contribution is -0.139. The number of aromatic nitrogens is 1. The average molecular weight is 222 g/mol. The Morgan fingerprint density at radius 1 is 1.38 bits per heavy atom. The molecule has 84 valence electrons. The standard InChI is InChI=1S/C10H10N2O4/c13-9(14)6-2-1-5-4-11-8(10(15)16)3-7(5)12-6/h1-2,8,11H,3-4H2,(H,13,14)(H,15,16). The molecule has 6 heteroatoms. The van der Waals surface area contributed by atoms with Gasteiger partial charge in [0.15, 0.2) is 0 Å². The van der Waals surface area contributed by atoms with E-state index in [1.54, 1.807) is 6.07 Å². The van der Waals surface area contributed by atoms with Crippen molar-refractivity contribution in [2.75, 3.05) is 0 Å². The third-order valence-electron chi connectivity index (χ3n) is 2.52. The molecule has 0 fully saturated rings. The molecular formula is C10H10N2O4. The minimum absolute atomic E-state index is 0.0511. The Morgan fingerprint density at radius 2 is 2.12 bits per heavy atom. The zero-order valence-electron chi connectivity index (χ0n) is 8.30. The van der Waals surface area contributed by atoms with E-state index >= 15 is 0 Å². The van der Waals surface area contributed by atoms with Gasteiger partial charge in [-0.15, -0.1) is 0 Å². The van der Waals surface area contributed by atoms with Crippen LogP contribution in [0.5, 0.6) is 0 Å². The summed E-state index contributed by atoms with van der Waals surface area (Å²) in [5.74, 6) is -2.05. The highest BCUT2D eigenvalue weighted by molar-refractivity contribution is 5.85. The predicted octanol–water partition coefficient (Wildman–Crippen LogP) is -0.121. The van der Waals surface area contributed by atoms with Gasteiger partial charge in [0.1, 0.15) is 11.7 Å². The fourth-order valence-electron chi connectivity index (χ4n) is 1.66. The molecule has 3 N–H and O–H groups in total. The molecule has 1 aliphatic rings. The summed E-state index contributed by atoms with van der Waals surface area (Å²) in [6.45, 7) is 0.402. The van der Waals surface area contributed by atoms with Gasteiger partial charge in [0.05, 0.1) is 0 Å². The number of rotatable bonds is 2. The lowest BCUT2D eigenvalue weighted by Crippen LogP contribution is -2.42. The van der Waals surface area contributed by atoms with E-state index in [1.807, 2.05) is 0 Å². The lowest BCUT2D eigenvalue weighted by Gasteiger charge is -2.22. The zero-order valence-corrected chi connectivity index (χ0v) is 8.30. The number of carbonyl (C=O) groups is 2. The predicted molar refractivity (Wildman–Crippen MR) is 53.2 cm³/mol. The van der Waals surface area contributed by atoms with E-state index in [9.17, 15) is 9.59 Å². The van der Waals surface area contributed by atoms with Gasteiger partial charge in [-0.3, -0.25) is 10.1 Å². The molecule has 0 saturated heterocycles. The van der Waals surface area contributed by atoms with Crippen LogP contribution in [0.15, 0.2) is 12.1 Å². The zero-order chi connectivity index (χ0) is 11.7. The minimum atomic E-state index is -1.10. The first kappa shape index (κ1) is 10.6. The normalized spacial score (nSPS) is 18.9. The van der Waals surface area contributed by atoms with Crippen molar-refractivity contribution < 1.29 is 19.8 Å². The molecule has 1 unspecified atom stereocenters. The van der Waals surface area contributed by atoms with E-state index in [0.717, 1.165) is 5.56 Å². The van der Waals surface area contributed by atoms with Gasteiger partial charge >= 0.3 is 11.9 Å². The molecule has 0 aliphatic carbocycles. The van der Waals surface area contributed by atoms with E-state index in [4.69, 9.17) is 10.2 Å². The summed E-state index contributed by atoms with van der Waals surface area (Å²) in [5, 5.41) is 20.4. The van der Waals surface area contributed by atoms with Gasteiger partial charge in [0.25, 0.3) is 0 Å². The van der Waals surface area contributed by atoms with Gasteiger partial charge in [0, 0.05) is 18.7 Å². The smallest absolute Gasteiger partial charge is 0.354 e. The summed E-state index contributed by atoms with van der Waals surface area (Å²) < 4.78 is 0. The van der Waals surface area contributed by atoms with Crippen LogP contribution in [0.1, 0.15) is 21.7 Å². The summed E-state index contributed by atoms with van der Waals surface area (Å²) in [7, 11) is 0. The quantitative estimate of drug-likeness (QED) is 0.645. The van der Waals surface area contributed by atoms with E-state index in [-0.39, 0.29) is 12.1 Å². The second kappa shape index (κ2) is 3.90. The van der Waals surface area contributed by atoms with Crippen molar-refractivity contribution in [1.29, 1.82) is 0 Å². The lowest BCUT2D eigenvalue weighted by atomic mass is 10.0. The van der Waals surface area contributed by atoms with E-state index < -0.39 is 18.0 Å². The van der Waals surface area contributed by atoms with Gasteiger partial charge in [-0.25, -0.2) is 9.78 Å². The fourth-order valence-corrected chi connectivity index (χ4v) is 1.66. The van der Waals surface area contributed by atoms with Crippen molar-refractivity contribution in [1.82, 2.24) is 10.3 Å². The third-order valence-corrected chi connectivity index (χ3v) is 2.52. The summed E-state index contributed by atoms with van der Waals surface area (Å²) in [6.07, 6.45) is 0.214. The molecule has 0 spiro atoms. The van der Waals surface area contributed by atoms with E-state index in [0.29, 0.717) is 12.2 Å². The Labute approximate surface area is 90.9 Å². The summed E-state index contributed by atoms with van der Waals surface area (Å²) in [4.78, 5) is 25.4. The Hall–Kier alpha value is -1.95. The molecule has 1 aliphatic heterocycles. The highest BCUT2D eigenvalue weighted by atomic mass is 16.4. The van der Waals surface area contributed by atoms with Crippen LogP contribution in [-0.4, -0.2) is 33.2 Å². The van der Waals surface area contributed by atoms with Crippen molar-refractivity contribution in [3.63, 3.8) is 0 Å². The third kappa shape index (κ3) is 1.87. The van der Waals surface area contributed by atoms with Crippen LogP contribution in [0.4, 0.5) is 0 Å². The summed E-state index contributed by atoms with van der Waals surface area (Å²) in [6, 6.07) is 2.39. The fraction of sp³-hybridized carbons (Fsp3) is 0.300. The van der Waals surface area contributed by atoms with Crippen molar-refractivity contribution in [3.05, 3.63) is 29.1 Å². The molecule has 0 amide bonds. The van der Waals surface area contributed by atoms with Crippen LogP contribution < -0.4 is 5.32 Å². The second-order valence-electron chi connectivity index (χ2n) is 3.58. The van der Waals surface area contributed by atoms with Crippen LogP contribution in [0.25, 0.3) is 0 Å². The number of hydrogen-bond donors (Lipinski definition) is 3. The number of carboxylic acids is 2. The van der Waals surface area contributed by atoms with Gasteiger partial charge < -0.3 is 10.2 Å². The number of carboxylic acid groups (broad SMARTS) is 2. The molecule has 1 aromatic rings. The second-order valence-corrected chi connectivity index (χ2v) is 3.58.